The van der Waals surface area contributed by atoms with E-state index in [1.54, 1.807) is 12.1 Å². The van der Waals surface area contributed by atoms with Crippen molar-refractivity contribution in [2.75, 3.05) is 18.4 Å². The molecule has 1 saturated heterocycles. The van der Waals surface area contributed by atoms with Crippen molar-refractivity contribution < 1.29 is 4.79 Å². The summed E-state index contributed by atoms with van der Waals surface area (Å²) in [5.41, 5.74) is 2.19. The van der Waals surface area contributed by atoms with Gasteiger partial charge >= 0.3 is 0 Å². The van der Waals surface area contributed by atoms with Gasteiger partial charge in [-0.2, -0.15) is 5.10 Å². The van der Waals surface area contributed by atoms with Crippen LogP contribution in [0.3, 0.4) is 0 Å². The standard InChI is InChI=1S/C17H22ClN5O/c1-12-8-13(2)23(21-12)10-15-4-3-7-22(15)11-17(24)20-16-6-5-14(18)9-19-16/h5-6,8-9,15H,3-4,7,10-11H2,1-2H3,(H,19,20,24). The molecular formula is C17H22ClN5O. The summed E-state index contributed by atoms with van der Waals surface area (Å²) < 4.78 is 2.04. The lowest BCUT2D eigenvalue weighted by molar-refractivity contribution is -0.117. The normalized spacial score (nSPS) is 18.0. The zero-order valence-electron chi connectivity index (χ0n) is 14.0. The van der Waals surface area contributed by atoms with E-state index >= 15 is 0 Å². The fourth-order valence-electron chi connectivity index (χ4n) is 3.19. The molecule has 0 bridgehead atoms. The van der Waals surface area contributed by atoms with Crippen molar-refractivity contribution in [1.29, 1.82) is 0 Å². The van der Waals surface area contributed by atoms with Crippen molar-refractivity contribution in [3.8, 4) is 0 Å². The second-order valence-electron chi connectivity index (χ2n) is 6.29. The average molecular weight is 348 g/mol. The number of hydrogen-bond donors (Lipinski definition) is 1. The van der Waals surface area contributed by atoms with E-state index in [1.165, 1.54) is 6.20 Å². The summed E-state index contributed by atoms with van der Waals surface area (Å²) in [6.45, 7) is 6.20. The van der Waals surface area contributed by atoms with E-state index in [4.69, 9.17) is 11.6 Å². The number of carbonyl (C=O) groups excluding carboxylic acids is 1. The van der Waals surface area contributed by atoms with Gasteiger partial charge in [-0.3, -0.25) is 14.4 Å². The molecule has 1 aliphatic rings. The van der Waals surface area contributed by atoms with Gasteiger partial charge in [-0.15, -0.1) is 0 Å². The molecule has 6 nitrogen and oxygen atoms in total. The number of aromatic nitrogens is 3. The number of hydrogen-bond acceptors (Lipinski definition) is 4. The van der Waals surface area contributed by atoms with Gasteiger partial charge in [0.25, 0.3) is 0 Å². The molecule has 24 heavy (non-hydrogen) atoms. The quantitative estimate of drug-likeness (QED) is 0.903. The van der Waals surface area contributed by atoms with Crippen molar-refractivity contribution in [2.45, 2.75) is 39.3 Å². The molecule has 1 fully saturated rings. The van der Waals surface area contributed by atoms with Crippen LogP contribution in [-0.4, -0.2) is 44.7 Å². The van der Waals surface area contributed by atoms with Gasteiger partial charge in [0, 0.05) is 17.9 Å². The van der Waals surface area contributed by atoms with Gasteiger partial charge in [-0.05, 0) is 51.4 Å². The average Bonchev–Trinajstić information content (AvgIpc) is 3.08. The Morgan fingerprint density at radius 1 is 1.42 bits per heavy atom. The maximum absolute atomic E-state index is 12.3. The van der Waals surface area contributed by atoms with E-state index in [2.05, 4.69) is 33.3 Å². The number of carbonyl (C=O) groups is 1. The number of likely N-dealkylation sites (tertiary alicyclic amines) is 1. The van der Waals surface area contributed by atoms with Gasteiger partial charge in [-0.1, -0.05) is 11.6 Å². The second-order valence-corrected chi connectivity index (χ2v) is 6.72. The summed E-state index contributed by atoms with van der Waals surface area (Å²) in [5, 5.41) is 7.91. The molecule has 1 atom stereocenters. The Hall–Kier alpha value is -1.92. The van der Waals surface area contributed by atoms with Crippen LogP contribution in [0.4, 0.5) is 5.82 Å². The van der Waals surface area contributed by atoms with Crippen LogP contribution in [0.2, 0.25) is 5.02 Å². The fraction of sp³-hybridized carbons (Fsp3) is 0.471. The Morgan fingerprint density at radius 3 is 2.92 bits per heavy atom. The molecule has 0 spiro atoms. The van der Waals surface area contributed by atoms with Gasteiger partial charge in [0.1, 0.15) is 5.82 Å². The monoisotopic (exact) mass is 347 g/mol. The van der Waals surface area contributed by atoms with Crippen LogP contribution >= 0.6 is 11.6 Å². The third kappa shape index (κ3) is 4.13. The van der Waals surface area contributed by atoms with Crippen LogP contribution in [0.1, 0.15) is 24.2 Å². The van der Waals surface area contributed by atoms with E-state index in [0.29, 0.717) is 23.4 Å². The Morgan fingerprint density at radius 2 is 2.25 bits per heavy atom. The molecule has 128 valence electrons. The molecule has 0 aliphatic carbocycles. The highest BCUT2D eigenvalue weighted by Gasteiger charge is 2.27. The van der Waals surface area contributed by atoms with Gasteiger partial charge in [-0.25, -0.2) is 4.98 Å². The van der Waals surface area contributed by atoms with Crippen LogP contribution in [0.5, 0.6) is 0 Å². The van der Waals surface area contributed by atoms with Gasteiger partial charge in [0.05, 0.1) is 23.8 Å². The first kappa shape index (κ1) is 16.9. The Bertz CT molecular complexity index is 712. The number of nitrogens with one attached hydrogen (secondary N) is 1. The SMILES string of the molecule is Cc1cc(C)n(CC2CCCN2CC(=O)Nc2ccc(Cl)cn2)n1. The fourth-order valence-corrected chi connectivity index (χ4v) is 3.30. The Balaban J connectivity index is 1.58. The van der Waals surface area contributed by atoms with Crippen molar-refractivity contribution in [1.82, 2.24) is 19.7 Å². The van der Waals surface area contributed by atoms with E-state index in [0.717, 1.165) is 37.3 Å². The lowest BCUT2D eigenvalue weighted by Gasteiger charge is -2.24. The Labute approximate surface area is 146 Å². The van der Waals surface area contributed by atoms with E-state index in [1.807, 2.05) is 11.6 Å². The van der Waals surface area contributed by atoms with Crippen LogP contribution in [0.15, 0.2) is 24.4 Å². The first-order valence-corrected chi connectivity index (χ1v) is 8.55. The minimum absolute atomic E-state index is 0.0508. The predicted molar refractivity (Wildman–Crippen MR) is 94.2 cm³/mol. The molecule has 3 rings (SSSR count). The summed E-state index contributed by atoms with van der Waals surface area (Å²) in [6.07, 6.45) is 3.72. The lowest BCUT2D eigenvalue weighted by Crippen LogP contribution is -2.39. The summed E-state index contributed by atoms with van der Waals surface area (Å²) in [6, 6.07) is 5.84. The molecule has 3 heterocycles. The highest BCUT2D eigenvalue weighted by Crippen LogP contribution is 2.19. The third-order valence-electron chi connectivity index (χ3n) is 4.33. The topological polar surface area (TPSA) is 63.1 Å². The summed E-state index contributed by atoms with van der Waals surface area (Å²) in [7, 11) is 0. The van der Waals surface area contributed by atoms with Gasteiger partial charge in [0.15, 0.2) is 0 Å². The van der Waals surface area contributed by atoms with Gasteiger partial charge < -0.3 is 5.32 Å². The second kappa shape index (κ2) is 7.32. The summed E-state index contributed by atoms with van der Waals surface area (Å²) in [4.78, 5) is 18.6. The molecular weight excluding hydrogens is 326 g/mol. The maximum atomic E-state index is 12.3. The number of nitrogens with zero attached hydrogens (tertiary/aromatic N) is 4. The lowest BCUT2D eigenvalue weighted by atomic mass is 10.2. The Kier molecular flexibility index (Phi) is 5.16. The molecule has 0 radical (unpaired) electrons. The molecule has 0 aromatic carbocycles. The van der Waals surface area contributed by atoms with Crippen LogP contribution < -0.4 is 5.32 Å². The number of halogens is 1. The maximum Gasteiger partial charge on any atom is 0.239 e. The van der Waals surface area contributed by atoms with Crippen LogP contribution in [-0.2, 0) is 11.3 Å². The first-order chi connectivity index (χ1) is 11.5. The number of pyridine rings is 1. The summed E-state index contributed by atoms with van der Waals surface area (Å²) in [5.74, 6) is 0.476. The minimum Gasteiger partial charge on any atom is -0.310 e. The molecule has 2 aromatic heterocycles. The number of rotatable bonds is 5. The molecule has 1 amide bonds. The van der Waals surface area contributed by atoms with Crippen molar-refractivity contribution in [2.24, 2.45) is 0 Å². The molecule has 2 aromatic rings. The molecule has 0 saturated carbocycles. The molecule has 1 aliphatic heterocycles. The van der Waals surface area contributed by atoms with Crippen molar-refractivity contribution >= 4 is 23.3 Å². The number of aryl methyl sites for hydroxylation is 2. The smallest absolute Gasteiger partial charge is 0.239 e. The first-order valence-electron chi connectivity index (χ1n) is 8.18. The largest absolute Gasteiger partial charge is 0.310 e. The predicted octanol–water partition coefficient (Wildman–Crippen LogP) is 2.65. The zero-order valence-corrected chi connectivity index (χ0v) is 14.8. The highest BCUT2D eigenvalue weighted by molar-refractivity contribution is 6.30. The van der Waals surface area contributed by atoms with Gasteiger partial charge in [0.2, 0.25) is 5.91 Å². The van der Waals surface area contributed by atoms with Crippen LogP contribution in [0.25, 0.3) is 0 Å². The summed E-state index contributed by atoms with van der Waals surface area (Å²) >= 11 is 5.80. The molecule has 1 unspecified atom stereocenters. The zero-order chi connectivity index (χ0) is 17.1. The van der Waals surface area contributed by atoms with Crippen molar-refractivity contribution in [3.05, 3.63) is 40.8 Å². The number of anilines is 1. The van der Waals surface area contributed by atoms with E-state index in [9.17, 15) is 4.79 Å². The third-order valence-corrected chi connectivity index (χ3v) is 4.55. The molecule has 7 heteroatoms. The number of amides is 1. The van der Waals surface area contributed by atoms with E-state index in [-0.39, 0.29) is 5.91 Å². The highest BCUT2D eigenvalue weighted by atomic mass is 35.5. The van der Waals surface area contributed by atoms with Crippen molar-refractivity contribution in [3.63, 3.8) is 0 Å². The van der Waals surface area contributed by atoms with E-state index < -0.39 is 0 Å². The van der Waals surface area contributed by atoms with Crippen LogP contribution in [0, 0.1) is 13.8 Å². The molecule has 1 N–H and O–H groups in total. The minimum atomic E-state index is -0.0508.